The third-order valence-electron chi connectivity index (χ3n) is 3.23. The van der Waals surface area contributed by atoms with Crippen LogP contribution in [0.1, 0.15) is 24.8 Å². The van der Waals surface area contributed by atoms with Gasteiger partial charge in [-0.3, -0.25) is 4.79 Å². The van der Waals surface area contributed by atoms with Gasteiger partial charge in [0.1, 0.15) is 0 Å². The third-order valence-corrected chi connectivity index (χ3v) is 4.47. The number of hydrogen-bond acceptors (Lipinski definition) is 3. The highest BCUT2D eigenvalue weighted by Crippen LogP contribution is 2.28. The van der Waals surface area contributed by atoms with Crippen molar-refractivity contribution in [2.75, 3.05) is 25.5 Å². The van der Waals surface area contributed by atoms with Gasteiger partial charge in [-0.1, -0.05) is 23.7 Å². The van der Waals surface area contributed by atoms with E-state index in [0.29, 0.717) is 12.3 Å². The van der Waals surface area contributed by atoms with Gasteiger partial charge in [-0.05, 0) is 42.9 Å². The van der Waals surface area contributed by atoms with Crippen LogP contribution in [-0.4, -0.2) is 31.4 Å². The molecule has 0 aliphatic heterocycles. The molecule has 21 heavy (non-hydrogen) atoms. The van der Waals surface area contributed by atoms with E-state index in [1.807, 2.05) is 24.3 Å². The van der Waals surface area contributed by atoms with E-state index in [0.717, 1.165) is 41.9 Å². The summed E-state index contributed by atoms with van der Waals surface area (Å²) in [5, 5.41) is 3.66. The third kappa shape index (κ3) is 7.74. The van der Waals surface area contributed by atoms with E-state index < -0.39 is 0 Å². The van der Waals surface area contributed by atoms with Crippen molar-refractivity contribution < 1.29 is 9.53 Å². The molecule has 1 aromatic carbocycles. The minimum Gasteiger partial charge on any atom is -0.381 e. The van der Waals surface area contributed by atoms with Crippen LogP contribution in [0, 0.1) is 5.92 Å². The predicted molar refractivity (Wildman–Crippen MR) is 88.8 cm³/mol. The Morgan fingerprint density at radius 3 is 3.05 bits per heavy atom. The van der Waals surface area contributed by atoms with Crippen LogP contribution in [0.2, 0.25) is 5.02 Å². The number of amides is 1. The van der Waals surface area contributed by atoms with Gasteiger partial charge in [0.2, 0.25) is 5.91 Å². The molecule has 1 aliphatic rings. The SMILES string of the molecule is O=C(CSCc1cccc(Cl)c1)NCCCOCC1CC1. The fourth-order valence-corrected chi connectivity index (χ4v) is 2.89. The first-order chi connectivity index (χ1) is 10.2. The van der Waals surface area contributed by atoms with Gasteiger partial charge in [-0.15, -0.1) is 11.8 Å². The molecule has 1 amide bonds. The minimum absolute atomic E-state index is 0.0872. The molecule has 1 aliphatic carbocycles. The van der Waals surface area contributed by atoms with Crippen molar-refractivity contribution in [3.05, 3.63) is 34.9 Å². The lowest BCUT2D eigenvalue weighted by molar-refractivity contribution is -0.118. The fraction of sp³-hybridized carbons (Fsp3) is 0.562. The van der Waals surface area contributed by atoms with Crippen molar-refractivity contribution in [2.24, 2.45) is 5.92 Å². The summed E-state index contributed by atoms with van der Waals surface area (Å²) in [5.41, 5.74) is 1.15. The maximum atomic E-state index is 11.7. The summed E-state index contributed by atoms with van der Waals surface area (Å²) in [4.78, 5) is 11.7. The Morgan fingerprint density at radius 2 is 2.29 bits per heavy atom. The highest BCUT2D eigenvalue weighted by Gasteiger charge is 2.20. The zero-order valence-corrected chi connectivity index (χ0v) is 13.7. The topological polar surface area (TPSA) is 38.3 Å². The molecule has 0 aromatic heterocycles. The zero-order chi connectivity index (χ0) is 14.9. The summed E-state index contributed by atoms with van der Waals surface area (Å²) in [6.07, 6.45) is 3.53. The van der Waals surface area contributed by atoms with Crippen LogP contribution in [0.5, 0.6) is 0 Å². The number of benzene rings is 1. The second-order valence-electron chi connectivity index (χ2n) is 5.34. The van der Waals surface area contributed by atoms with Crippen molar-refractivity contribution in [2.45, 2.75) is 25.0 Å². The van der Waals surface area contributed by atoms with E-state index in [4.69, 9.17) is 16.3 Å². The molecule has 0 atom stereocenters. The fourth-order valence-electron chi connectivity index (χ4n) is 1.88. The summed E-state index contributed by atoms with van der Waals surface area (Å²) in [7, 11) is 0. The first-order valence-corrected chi connectivity index (χ1v) is 8.94. The quantitative estimate of drug-likeness (QED) is 0.668. The van der Waals surface area contributed by atoms with Gasteiger partial charge >= 0.3 is 0 Å². The maximum Gasteiger partial charge on any atom is 0.230 e. The second-order valence-corrected chi connectivity index (χ2v) is 6.77. The Balaban J connectivity index is 1.45. The number of ether oxygens (including phenoxy) is 1. The molecule has 3 nitrogen and oxygen atoms in total. The van der Waals surface area contributed by atoms with E-state index in [1.54, 1.807) is 11.8 Å². The molecule has 1 N–H and O–H groups in total. The van der Waals surface area contributed by atoms with Crippen molar-refractivity contribution in [3.8, 4) is 0 Å². The monoisotopic (exact) mass is 327 g/mol. The summed E-state index contributed by atoms with van der Waals surface area (Å²) in [5.74, 6) is 2.18. The molecule has 0 radical (unpaired) electrons. The van der Waals surface area contributed by atoms with Crippen molar-refractivity contribution >= 4 is 29.3 Å². The predicted octanol–water partition coefficient (Wildman–Crippen LogP) is 3.51. The highest BCUT2D eigenvalue weighted by molar-refractivity contribution is 7.99. The van der Waals surface area contributed by atoms with Crippen LogP contribution in [0.25, 0.3) is 0 Å². The van der Waals surface area contributed by atoms with Crippen molar-refractivity contribution in [1.82, 2.24) is 5.32 Å². The molecule has 0 unspecified atom stereocenters. The molecule has 1 aromatic rings. The summed E-state index contributed by atoms with van der Waals surface area (Å²) < 4.78 is 5.52. The van der Waals surface area contributed by atoms with Gasteiger partial charge in [-0.2, -0.15) is 0 Å². The summed E-state index contributed by atoms with van der Waals surface area (Å²) in [6.45, 7) is 2.33. The number of halogens is 1. The molecule has 0 spiro atoms. The molecular weight excluding hydrogens is 306 g/mol. The van der Waals surface area contributed by atoms with Crippen LogP contribution in [0.15, 0.2) is 24.3 Å². The molecule has 0 heterocycles. The van der Waals surface area contributed by atoms with E-state index in [1.165, 1.54) is 12.8 Å². The van der Waals surface area contributed by atoms with Gasteiger partial charge in [-0.25, -0.2) is 0 Å². The lowest BCUT2D eigenvalue weighted by atomic mass is 10.2. The Hall–Kier alpha value is -0.710. The van der Waals surface area contributed by atoms with Gasteiger partial charge < -0.3 is 10.1 Å². The smallest absolute Gasteiger partial charge is 0.230 e. The Morgan fingerprint density at radius 1 is 1.43 bits per heavy atom. The normalized spacial score (nSPS) is 14.1. The molecule has 1 fully saturated rings. The summed E-state index contributed by atoms with van der Waals surface area (Å²) in [6, 6.07) is 7.74. The average Bonchev–Trinajstić information content (AvgIpc) is 3.27. The Kier molecular flexibility index (Phi) is 7.41. The number of carbonyl (C=O) groups is 1. The largest absolute Gasteiger partial charge is 0.381 e. The standard InChI is InChI=1S/C16H22ClNO2S/c17-15-4-1-3-14(9-15)11-21-12-16(19)18-7-2-8-20-10-13-5-6-13/h1,3-4,9,13H,2,5-8,10-12H2,(H,18,19). The Labute approximate surface area is 135 Å². The van der Waals surface area contributed by atoms with E-state index in [2.05, 4.69) is 5.32 Å². The van der Waals surface area contributed by atoms with Crippen LogP contribution < -0.4 is 5.32 Å². The van der Waals surface area contributed by atoms with Crippen molar-refractivity contribution in [3.63, 3.8) is 0 Å². The number of thioether (sulfide) groups is 1. The molecule has 116 valence electrons. The first-order valence-electron chi connectivity index (χ1n) is 7.40. The van der Waals surface area contributed by atoms with Gasteiger partial charge in [0.25, 0.3) is 0 Å². The minimum atomic E-state index is 0.0872. The molecular formula is C16H22ClNO2S. The first kappa shape index (κ1) is 16.7. The van der Waals surface area contributed by atoms with E-state index in [9.17, 15) is 4.79 Å². The lowest BCUT2D eigenvalue weighted by Crippen LogP contribution is -2.27. The van der Waals surface area contributed by atoms with Gasteiger partial charge in [0, 0.05) is 30.5 Å². The van der Waals surface area contributed by atoms with E-state index in [-0.39, 0.29) is 5.91 Å². The highest BCUT2D eigenvalue weighted by atomic mass is 35.5. The van der Waals surface area contributed by atoms with Crippen LogP contribution in [0.3, 0.4) is 0 Å². The number of carbonyl (C=O) groups excluding carboxylic acids is 1. The molecule has 1 saturated carbocycles. The van der Waals surface area contributed by atoms with Crippen LogP contribution in [0.4, 0.5) is 0 Å². The molecule has 0 saturated heterocycles. The van der Waals surface area contributed by atoms with Crippen LogP contribution in [-0.2, 0) is 15.3 Å². The molecule has 2 rings (SSSR count). The summed E-state index contributed by atoms with van der Waals surface area (Å²) >= 11 is 7.52. The van der Waals surface area contributed by atoms with Gasteiger partial charge in [0.05, 0.1) is 5.75 Å². The van der Waals surface area contributed by atoms with E-state index >= 15 is 0 Å². The zero-order valence-electron chi connectivity index (χ0n) is 12.1. The molecule has 0 bridgehead atoms. The molecule has 5 heteroatoms. The average molecular weight is 328 g/mol. The second kappa shape index (κ2) is 9.34. The number of rotatable bonds is 10. The number of hydrogen-bond donors (Lipinski definition) is 1. The van der Waals surface area contributed by atoms with Gasteiger partial charge in [0.15, 0.2) is 0 Å². The van der Waals surface area contributed by atoms with Crippen LogP contribution >= 0.6 is 23.4 Å². The Bertz CT molecular complexity index is 452. The van der Waals surface area contributed by atoms with Crippen molar-refractivity contribution in [1.29, 1.82) is 0 Å². The lowest BCUT2D eigenvalue weighted by Gasteiger charge is -2.06. The maximum absolute atomic E-state index is 11.7. The number of nitrogens with one attached hydrogen (secondary N) is 1.